The fourth-order valence-corrected chi connectivity index (χ4v) is 2.00. The maximum atomic E-state index is 11.8. The summed E-state index contributed by atoms with van der Waals surface area (Å²) in [5.41, 5.74) is 5.41. The van der Waals surface area contributed by atoms with E-state index in [1.807, 2.05) is 6.92 Å². The zero-order valence-electron chi connectivity index (χ0n) is 11.8. The van der Waals surface area contributed by atoms with Gasteiger partial charge < -0.3 is 20.9 Å². The van der Waals surface area contributed by atoms with E-state index in [0.717, 1.165) is 0 Å². The van der Waals surface area contributed by atoms with Crippen LogP contribution in [0, 0.1) is 6.92 Å². The molecular weight excluding hydrogens is 280 g/mol. The first-order chi connectivity index (χ1) is 9.42. The Balaban J connectivity index is 2.33. The van der Waals surface area contributed by atoms with Crippen LogP contribution in [0.4, 0.5) is 5.82 Å². The Bertz CT molecular complexity index is 463. The van der Waals surface area contributed by atoms with Crippen LogP contribution < -0.4 is 16.4 Å². The number of aryl methyl sites for hydroxylation is 1. The van der Waals surface area contributed by atoms with Crippen LogP contribution in [0.5, 0.6) is 0 Å². The molecule has 20 heavy (non-hydrogen) atoms. The van der Waals surface area contributed by atoms with Gasteiger partial charge in [-0.1, -0.05) is 5.16 Å². The van der Waals surface area contributed by atoms with E-state index in [1.54, 1.807) is 19.9 Å². The molecule has 0 saturated heterocycles. The molecule has 0 radical (unpaired) electrons. The Hall–Kier alpha value is -1.54. The number of nitrogens with two attached hydrogens (primary N) is 1. The minimum Gasteiger partial charge on any atom is -0.360 e. The predicted octanol–water partition coefficient (Wildman–Crippen LogP) is 0.507. The van der Waals surface area contributed by atoms with Gasteiger partial charge in [-0.2, -0.15) is 0 Å². The van der Waals surface area contributed by atoms with Crippen molar-refractivity contribution in [2.75, 3.05) is 17.6 Å². The third-order valence-corrected chi connectivity index (χ3v) is 3.62. The maximum Gasteiger partial charge on any atom is 0.238 e. The molecule has 7 nitrogen and oxygen atoms in total. The summed E-state index contributed by atoms with van der Waals surface area (Å²) in [7, 11) is 0. The molecular formula is C12H20N4O3S. The minimum atomic E-state index is -0.370. The lowest BCUT2D eigenvalue weighted by Crippen LogP contribution is -2.39. The largest absolute Gasteiger partial charge is 0.360 e. The number of amides is 2. The zero-order valence-corrected chi connectivity index (χ0v) is 12.6. The molecule has 0 fully saturated rings. The summed E-state index contributed by atoms with van der Waals surface area (Å²) in [4.78, 5) is 23.4. The molecule has 1 heterocycles. The van der Waals surface area contributed by atoms with Gasteiger partial charge in [-0.25, -0.2) is 0 Å². The van der Waals surface area contributed by atoms with Crippen LogP contribution >= 0.6 is 11.8 Å². The van der Waals surface area contributed by atoms with E-state index in [0.29, 0.717) is 18.1 Å². The molecule has 0 aliphatic rings. The second kappa shape index (κ2) is 7.91. The highest BCUT2D eigenvalue weighted by Gasteiger charge is 2.17. The van der Waals surface area contributed by atoms with Gasteiger partial charge in [-0.15, -0.1) is 11.8 Å². The summed E-state index contributed by atoms with van der Waals surface area (Å²) < 4.78 is 4.85. The number of hydrogen-bond donors (Lipinski definition) is 3. The zero-order chi connectivity index (χ0) is 15.1. The van der Waals surface area contributed by atoms with Crippen molar-refractivity contribution < 1.29 is 14.1 Å². The Morgan fingerprint density at radius 3 is 2.75 bits per heavy atom. The molecule has 0 aromatic carbocycles. The van der Waals surface area contributed by atoms with Gasteiger partial charge >= 0.3 is 0 Å². The van der Waals surface area contributed by atoms with Crippen molar-refractivity contribution in [2.45, 2.75) is 32.1 Å². The van der Waals surface area contributed by atoms with Gasteiger partial charge in [0.1, 0.15) is 5.76 Å². The number of carbonyl (C=O) groups is 2. The van der Waals surface area contributed by atoms with Gasteiger partial charge in [0.15, 0.2) is 5.82 Å². The number of anilines is 1. The number of aromatic nitrogens is 1. The molecule has 1 rings (SSSR count). The van der Waals surface area contributed by atoms with Gasteiger partial charge in [0.2, 0.25) is 11.8 Å². The molecule has 4 N–H and O–H groups in total. The second-order valence-corrected chi connectivity index (χ2v) is 5.80. The highest BCUT2D eigenvalue weighted by molar-refractivity contribution is 8.01. The lowest BCUT2D eigenvalue weighted by Gasteiger charge is -2.13. The molecule has 2 atom stereocenters. The van der Waals surface area contributed by atoms with Gasteiger partial charge in [-0.3, -0.25) is 9.59 Å². The van der Waals surface area contributed by atoms with Crippen molar-refractivity contribution in [3.8, 4) is 0 Å². The van der Waals surface area contributed by atoms with Crippen LogP contribution in [0.2, 0.25) is 0 Å². The molecule has 0 bridgehead atoms. The van der Waals surface area contributed by atoms with E-state index in [-0.39, 0.29) is 28.9 Å². The van der Waals surface area contributed by atoms with E-state index in [4.69, 9.17) is 10.3 Å². The van der Waals surface area contributed by atoms with E-state index in [2.05, 4.69) is 15.8 Å². The standard InChI is InChI=1S/C12H20N4O3S/c1-7(5-13)14-11(17)6-20-9(3)12(18)15-10-4-8(2)19-16-10/h4,7,9H,5-6,13H2,1-3H3,(H,14,17)(H,15,16,18)/t7-,9?/m0/s1. The molecule has 0 saturated carbocycles. The first-order valence-electron chi connectivity index (χ1n) is 6.27. The van der Waals surface area contributed by atoms with E-state index in [9.17, 15) is 9.59 Å². The molecule has 1 aromatic heterocycles. The Morgan fingerprint density at radius 1 is 1.50 bits per heavy atom. The highest BCUT2D eigenvalue weighted by atomic mass is 32.2. The molecule has 112 valence electrons. The SMILES string of the molecule is Cc1cc(NC(=O)C(C)SCC(=O)N[C@@H](C)CN)no1. The second-order valence-electron chi connectivity index (χ2n) is 4.47. The van der Waals surface area contributed by atoms with Crippen molar-refractivity contribution in [3.05, 3.63) is 11.8 Å². The van der Waals surface area contributed by atoms with Gasteiger partial charge in [-0.05, 0) is 20.8 Å². The summed E-state index contributed by atoms with van der Waals surface area (Å²) in [6, 6.07) is 1.57. The number of nitrogens with one attached hydrogen (secondary N) is 2. The summed E-state index contributed by atoms with van der Waals surface area (Å²) >= 11 is 1.25. The summed E-state index contributed by atoms with van der Waals surface area (Å²) in [6.07, 6.45) is 0. The monoisotopic (exact) mass is 300 g/mol. The van der Waals surface area contributed by atoms with Gasteiger partial charge in [0, 0.05) is 18.7 Å². The van der Waals surface area contributed by atoms with E-state index in [1.165, 1.54) is 11.8 Å². The molecule has 8 heteroatoms. The smallest absolute Gasteiger partial charge is 0.238 e. The van der Waals surface area contributed by atoms with Crippen molar-refractivity contribution in [3.63, 3.8) is 0 Å². The summed E-state index contributed by atoms with van der Waals surface area (Å²) in [5, 5.41) is 8.66. The van der Waals surface area contributed by atoms with Crippen LogP contribution in [-0.4, -0.2) is 40.6 Å². The number of hydrogen-bond acceptors (Lipinski definition) is 6. The Morgan fingerprint density at radius 2 is 2.20 bits per heavy atom. The summed E-state index contributed by atoms with van der Waals surface area (Å²) in [5.74, 6) is 0.848. The molecule has 1 unspecified atom stereocenters. The topological polar surface area (TPSA) is 110 Å². The van der Waals surface area contributed by atoms with Gasteiger partial charge in [0.05, 0.1) is 11.0 Å². The third kappa shape index (κ3) is 5.62. The van der Waals surface area contributed by atoms with Crippen molar-refractivity contribution in [2.24, 2.45) is 5.73 Å². The fraction of sp³-hybridized carbons (Fsp3) is 0.583. The minimum absolute atomic E-state index is 0.0645. The van der Waals surface area contributed by atoms with Crippen molar-refractivity contribution in [1.82, 2.24) is 10.5 Å². The Labute approximate surface area is 122 Å². The van der Waals surface area contributed by atoms with Crippen LogP contribution in [0.25, 0.3) is 0 Å². The molecule has 0 spiro atoms. The quantitative estimate of drug-likeness (QED) is 0.676. The third-order valence-electron chi connectivity index (χ3n) is 2.47. The fourth-order valence-electron chi connectivity index (χ4n) is 1.30. The van der Waals surface area contributed by atoms with E-state index >= 15 is 0 Å². The first kappa shape index (κ1) is 16.5. The van der Waals surface area contributed by atoms with Crippen molar-refractivity contribution in [1.29, 1.82) is 0 Å². The predicted molar refractivity (Wildman–Crippen MR) is 78.4 cm³/mol. The average molecular weight is 300 g/mol. The number of carbonyl (C=O) groups excluding carboxylic acids is 2. The summed E-state index contributed by atoms with van der Waals surface area (Å²) in [6.45, 7) is 5.68. The highest BCUT2D eigenvalue weighted by Crippen LogP contribution is 2.14. The lowest BCUT2D eigenvalue weighted by molar-refractivity contribution is -0.119. The van der Waals surface area contributed by atoms with Crippen LogP contribution in [0.1, 0.15) is 19.6 Å². The Kier molecular flexibility index (Phi) is 6.53. The van der Waals surface area contributed by atoms with E-state index < -0.39 is 0 Å². The number of nitrogens with zero attached hydrogens (tertiary/aromatic N) is 1. The van der Waals surface area contributed by atoms with Crippen LogP contribution in [-0.2, 0) is 9.59 Å². The number of thioether (sulfide) groups is 1. The number of rotatable bonds is 7. The molecule has 0 aliphatic heterocycles. The molecule has 2 amide bonds. The molecule has 1 aromatic rings. The van der Waals surface area contributed by atoms with Gasteiger partial charge in [0.25, 0.3) is 0 Å². The molecule has 0 aliphatic carbocycles. The lowest BCUT2D eigenvalue weighted by atomic mass is 10.3. The van der Waals surface area contributed by atoms with Crippen LogP contribution in [0.3, 0.4) is 0 Å². The normalized spacial score (nSPS) is 13.6. The van der Waals surface area contributed by atoms with Crippen LogP contribution in [0.15, 0.2) is 10.6 Å². The average Bonchev–Trinajstić information content (AvgIpc) is 2.81. The maximum absolute atomic E-state index is 11.8. The first-order valence-corrected chi connectivity index (χ1v) is 7.32. The van der Waals surface area contributed by atoms with Crippen molar-refractivity contribution >= 4 is 29.4 Å².